The normalized spacial score (nSPS) is 15.0. The minimum absolute atomic E-state index is 0.179. The summed E-state index contributed by atoms with van der Waals surface area (Å²) in [6.45, 7) is 14.9. The van der Waals surface area contributed by atoms with E-state index in [2.05, 4.69) is 39.8 Å². The van der Waals surface area contributed by atoms with Crippen molar-refractivity contribution in [1.29, 1.82) is 0 Å². The van der Waals surface area contributed by atoms with Crippen LogP contribution in [0.25, 0.3) is 0 Å². The second-order valence-corrected chi connectivity index (χ2v) is 9.40. The molecule has 2 atom stereocenters. The van der Waals surface area contributed by atoms with Gasteiger partial charge in [0.25, 0.3) is 0 Å². The van der Waals surface area contributed by atoms with Crippen molar-refractivity contribution in [3.63, 3.8) is 0 Å². The lowest BCUT2D eigenvalue weighted by molar-refractivity contribution is -0.389. The van der Waals surface area contributed by atoms with E-state index < -0.39 is 22.0 Å². The van der Waals surface area contributed by atoms with Gasteiger partial charge in [0.05, 0.1) is 6.54 Å². The molecule has 1 aromatic rings. The van der Waals surface area contributed by atoms with Crippen LogP contribution in [0.2, 0.25) is 0 Å². The zero-order chi connectivity index (χ0) is 22.5. The summed E-state index contributed by atoms with van der Waals surface area (Å²) in [4.78, 5) is 36.2. The van der Waals surface area contributed by atoms with Gasteiger partial charge in [-0.3, -0.25) is 0 Å². The topological polar surface area (TPSA) is 144 Å². The minimum atomic E-state index is -0.657. The molecule has 0 fully saturated rings. The van der Waals surface area contributed by atoms with Crippen LogP contribution in [0.1, 0.15) is 48.5 Å². The maximum absolute atomic E-state index is 11.5. The van der Waals surface area contributed by atoms with E-state index in [1.807, 2.05) is 27.7 Å². The van der Waals surface area contributed by atoms with E-state index in [0.29, 0.717) is 13.1 Å². The fourth-order valence-corrected chi connectivity index (χ4v) is 2.53. The third kappa shape index (κ3) is 7.24. The molecule has 0 aliphatic heterocycles. The Morgan fingerprint density at radius 3 is 2.10 bits per heavy atom. The fraction of sp³-hybridized carbons (Fsp3) is 0.833. The van der Waals surface area contributed by atoms with Crippen LogP contribution in [0.3, 0.4) is 0 Å². The SMILES string of the molecule is CC(N=O)C(C)(C)NCC(C)(C)CNC(C)(C)C(Cn1cnc([N+](=O)[O-])c1)N=O. The molecule has 1 rings (SSSR count). The van der Waals surface area contributed by atoms with E-state index in [1.165, 1.54) is 17.1 Å². The third-order valence-corrected chi connectivity index (χ3v) is 5.40. The number of hydrogen-bond acceptors (Lipinski definition) is 9. The Morgan fingerprint density at radius 1 is 1.10 bits per heavy atom. The summed E-state index contributed by atoms with van der Waals surface area (Å²) in [7, 11) is 0. The van der Waals surface area contributed by atoms with Gasteiger partial charge in [-0.15, -0.1) is 0 Å². The van der Waals surface area contributed by atoms with Crippen LogP contribution in [-0.4, -0.2) is 50.7 Å². The van der Waals surface area contributed by atoms with Crippen LogP contribution in [0.5, 0.6) is 0 Å². The van der Waals surface area contributed by atoms with Crippen LogP contribution >= 0.6 is 0 Å². The Kier molecular flexibility index (Phi) is 8.10. The average Bonchev–Trinajstić information content (AvgIpc) is 3.11. The number of nitrogens with zero attached hydrogens (tertiary/aromatic N) is 5. The van der Waals surface area contributed by atoms with Gasteiger partial charge in [-0.05, 0) is 49.9 Å². The molecular weight excluding hydrogens is 378 g/mol. The predicted octanol–water partition coefficient (Wildman–Crippen LogP) is 2.84. The first-order valence-electron chi connectivity index (χ1n) is 9.55. The molecule has 1 heterocycles. The standard InChI is InChI=1S/C18H33N7O4/c1-13(22-26)17(4,5)20-10-16(2,3)11-21-18(6,7)14(23-27)8-24-9-15(19-12-24)25(28)29/h9,12-14,20-21H,8,10-11H2,1-7H3. The number of imidazole rings is 1. The highest BCUT2D eigenvalue weighted by molar-refractivity contribution is 5.12. The van der Waals surface area contributed by atoms with Crippen LogP contribution in [0.15, 0.2) is 22.9 Å². The molecule has 0 spiro atoms. The molecule has 164 valence electrons. The monoisotopic (exact) mass is 411 g/mol. The quantitative estimate of drug-likeness (QED) is 0.288. The molecule has 2 N–H and O–H groups in total. The lowest BCUT2D eigenvalue weighted by Crippen LogP contribution is -2.56. The Labute approximate surface area is 171 Å². The molecular formula is C18H33N7O4. The van der Waals surface area contributed by atoms with E-state index in [1.54, 1.807) is 6.92 Å². The van der Waals surface area contributed by atoms with Crippen molar-refractivity contribution in [2.75, 3.05) is 13.1 Å². The van der Waals surface area contributed by atoms with Crippen molar-refractivity contribution in [3.05, 3.63) is 32.5 Å². The Morgan fingerprint density at radius 2 is 1.66 bits per heavy atom. The number of rotatable bonds is 13. The van der Waals surface area contributed by atoms with Crippen molar-refractivity contribution in [3.8, 4) is 0 Å². The van der Waals surface area contributed by atoms with Crippen LogP contribution in [0, 0.1) is 25.3 Å². The summed E-state index contributed by atoms with van der Waals surface area (Å²) in [5.74, 6) is -0.269. The molecule has 11 heteroatoms. The van der Waals surface area contributed by atoms with Crippen molar-refractivity contribution in [2.24, 2.45) is 15.8 Å². The van der Waals surface area contributed by atoms with Gasteiger partial charge in [-0.1, -0.05) is 24.2 Å². The maximum Gasteiger partial charge on any atom is 0.381 e. The highest BCUT2D eigenvalue weighted by Crippen LogP contribution is 2.21. The Bertz CT molecular complexity index is 715. The van der Waals surface area contributed by atoms with Gasteiger partial charge in [-0.2, -0.15) is 9.81 Å². The summed E-state index contributed by atoms with van der Waals surface area (Å²) < 4.78 is 1.50. The number of nitroso groups, excluding NO2 is 2. The van der Waals surface area contributed by atoms with Crippen LogP contribution < -0.4 is 10.6 Å². The molecule has 11 nitrogen and oxygen atoms in total. The molecule has 0 saturated heterocycles. The first kappa shape index (κ1) is 24.8. The molecule has 0 aliphatic carbocycles. The van der Waals surface area contributed by atoms with E-state index in [0.717, 1.165) is 0 Å². The van der Waals surface area contributed by atoms with E-state index in [9.17, 15) is 19.9 Å². The lowest BCUT2D eigenvalue weighted by Gasteiger charge is -2.38. The lowest BCUT2D eigenvalue weighted by atomic mass is 9.87. The van der Waals surface area contributed by atoms with Crippen molar-refractivity contribution in [2.45, 2.75) is 78.2 Å². The summed E-state index contributed by atoms with van der Waals surface area (Å²) in [6, 6.07) is -1.03. The third-order valence-electron chi connectivity index (χ3n) is 5.40. The van der Waals surface area contributed by atoms with E-state index >= 15 is 0 Å². The number of aromatic nitrogens is 2. The molecule has 0 aromatic carbocycles. The zero-order valence-electron chi connectivity index (χ0n) is 18.3. The van der Waals surface area contributed by atoms with Crippen molar-refractivity contribution in [1.82, 2.24) is 20.2 Å². The van der Waals surface area contributed by atoms with Gasteiger partial charge < -0.3 is 25.3 Å². The van der Waals surface area contributed by atoms with Crippen molar-refractivity contribution < 1.29 is 4.92 Å². The highest BCUT2D eigenvalue weighted by atomic mass is 16.6. The molecule has 0 saturated carbocycles. The molecule has 0 amide bonds. The largest absolute Gasteiger partial charge is 0.381 e. The first-order valence-corrected chi connectivity index (χ1v) is 9.55. The minimum Gasteiger partial charge on any atom is -0.358 e. The molecule has 1 aromatic heterocycles. The average molecular weight is 412 g/mol. The summed E-state index contributed by atoms with van der Waals surface area (Å²) in [6.07, 6.45) is 2.61. The number of hydrogen-bond donors (Lipinski definition) is 2. The van der Waals surface area contributed by atoms with Gasteiger partial charge in [0.1, 0.15) is 18.3 Å². The van der Waals surface area contributed by atoms with Gasteiger partial charge in [-0.25, -0.2) is 0 Å². The maximum atomic E-state index is 11.5. The summed E-state index contributed by atoms with van der Waals surface area (Å²) >= 11 is 0. The molecule has 0 aliphatic rings. The first-order chi connectivity index (χ1) is 13.2. The van der Waals surface area contributed by atoms with E-state index in [-0.39, 0.29) is 23.8 Å². The van der Waals surface area contributed by atoms with E-state index in [4.69, 9.17) is 0 Å². The predicted molar refractivity (Wildman–Crippen MR) is 112 cm³/mol. The smallest absolute Gasteiger partial charge is 0.358 e. The number of nitro groups is 1. The van der Waals surface area contributed by atoms with Gasteiger partial charge in [0, 0.05) is 24.2 Å². The van der Waals surface area contributed by atoms with Crippen molar-refractivity contribution >= 4 is 5.82 Å². The zero-order valence-corrected chi connectivity index (χ0v) is 18.3. The molecule has 2 unspecified atom stereocenters. The molecule has 0 radical (unpaired) electrons. The fourth-order valence-electron chi connectivity index (χ4n) is 2.53. The summed E-state index contributed by atoms with van der Waals surface area (Å²) in [5.41, 5.74) is -1.26. The van der Waals surface area contributed by atoms with Crippen LogP contribution in [0.4, 0.5) is 5.82 Å². The summed E-state index contributed by atoms with van der Waals surface area (Å²) in [5, 5.41) is 23.9. The van der Waals surface area contributed by atoms with Gasteiger partial charge in [0.15, 0.2) is 0 Å². The Hall–Kier alpha value is -2.27. The van der Waals surface area contributed by atoms with Gasteiger partial charge >= 0.3 is 5.82 Å². The number of nitrogens with one attached hydrogen (secondary N) is 2. The molecule has 0 bridgehead atoms. The second-order valence-electron chi connectivity index (χ2n) is 9.40. The molecule has 29 heavy (non-hydrogen) atoms. The van der Waals surface area contributed by atoms with Crippen LogP contribution in [-0.2, 0) is 6.54 Å². The highest BCUT2D eigenvalue weighted by Gasteiger charge is 2.34. The van der Waals surface area contributed by atoms with Gasteiger partial charge in [0.2, 0.25) is 6.33 Å². The Balaban J connectivity index is 2.71. The second kappa shape index (κ2) is 9.49.